The Morgan fingerprint density at radius 3 is 2.24 bits per heavy atom. The van der Waals surface area contributed by atoms with Crippen molar-refractivity contribution in [3.8, 4) is 0 Å². The molecule has 120 valence electrons. The lowest BCUT2D eigenvalue weighted by atomic mass is 9.96. The molecule has 0 saturated carbocycles. The summed E-state index contributed by atoms with van der Waals surface area (Å²) < 4.78 is 42.7. The Hall–Kier alpha value is -1.51. The third-order valence-electron chi connectivity index (χ3n) is 3.84. The molecule has 2 amide bonds. The second-order valence-corrected chi connectivity index (χ2v) is 5.23. The summed E-state index contributed by atoms with van der Waals surface area (Å²) in [6, 6.07) is -0.412. The summed E-state index contributed by atoms with van der Waals surface area (Å²) in [6.45, 7) is 0.368. The van der Waals surface area contributed by atoms with Crippen molar-refractivity contribution in [2.24, 2.45) is 5.92 Å². The quantitative estimate of drug-likeness (QED) is 0.789. The molecule has 1 unspecified atom stereocenters. The number of hydrogen-bond acceptors (Lipinski definition) is 3. The predicted molar refractivity (Wildman–Crippen MR) is 64.7 cm³/mol. The molecule has 1 atom stereocenters. The van der Waals surface area contributed by atoms with E-state index in [0.717, 1.165) is 0 Å². The Kier molecular flexibility index (Phi) is 4.60. The molecule has 0 bridgehead atoms. The number of carboxylic acid groups (broad SMARTS) is 1. The Labute approximate surface area is 119 Å². The van der Waals surface area contributed by atoms with Gasteiger partial charge in [-0.15, -0.1) is 0 Å². The fourth-order valence-corrected chi connectivity index (χ4v) is 2.57. The van der Waals surface area contributed by atoms with Crippen LogP contribution in [0, 0.1) is 5.92 Å². The zero-order valence-electron chi connectivity index (χ0n) is 11.3. The van der Waals surface area contributed by atoms with Gasteiger partial charge in [0.2, 0.25) is 0 Å². The van der Waals surface area contributed by atoms with E-state index in [-0.39, 0.29) is 45.6 Å². The molecule has 1 N–H and O–H groups in total. The predicted octanol–water partition coefficient (Wildman–Crippen LogP) is 1.17. The van der Waals surface area contributed by atoms with E-state index in [0.29, 0.717) is 0 Å². The van der Waals surface area contributed by atoms with E-state index in [1.54, 1.807) is 0 Å². The zero-order chi connectivity index (χ0) is 15.6. The van der Waals surface area contributed by atoms with E-state index in [4.69, 9.17) is 9.84 Å². The molecule has 6 nitrogen and oxygen atoms in total. The fourth-order valence-electron chi connectivity index (χ4n) is 2.57. The van der Waals surface area contributed by atoms with Crippen molar-refractivity contribution in [2.45, 2.75) is 25.1 Å². The van der Waals surface area contributed by atoms with Gasteiger partial charge in [-0.05, 0) is 12.8 Å². The van der Waals surface area contributed by atoms with Crippen LogP contribution in [0.3, 0.4) is 0 Å². The highest BCUT2D eigenvalue weighted by Gasteiger charge is 2.42. The summed E-state index contributed by atoms with van der Waals surface area (Å²) in [5.41, 5.74) is 0. The number of halogens is 3. The number of carboxylic acids is 1. The van der Waals surface area contributed by atoms with Crippen LogP contribution in [-0.2, 0) is 9.53 Å². The molecule has 2 aliphatic rings. The van der Waals surface area contributed by atoms with Crippen LogP contribution in [0.4, 0.5) is 18.0 Å². The van der Waals surface area contributed by atoms with Gasteiger partial charge >= 0.3 is 18.2 Å². The topological polar surface area (TPSA) is 70.1 Å². The van der Waals surface area contributed by atoms with Crippen molar-refractivity contribution < 1.29 is 32.6 Å². The van der Waals surface area contributed by atoms with E-state index in [9.17, 15) is 22.8 Å². The fraction of sp³-hybridized carbons (Fsp3) is 0.833. The van der Waals surface area contributed by atoms with Gasteiger partial charge in [-0.2, -0.15) is 13.2 Å². The van der Waals surface area contributed by atoms with Crippen molar-refractivity contribution in [3.05, 3.63) is 0 Å². The number of rotatable bonds is 1. The number of hydrogen-bond donors (Lipinski definition) is 1. The first-order valence-electron chi connectivity index (χ1n) is 6.74. The van der Waals surface area contributed by atoms with Crippen LogP contribution in [0.25, 0.3) is 0 Å². The normalized spacial score (nSPS) is 25.0. The lowest BCUT2D eigenvalue weighted by Gasteiger charge is -2.38. The SMILES string of the molecule is O=C(O)C1CN(C(=O)N2CCC(C(F)(F)F)CC2)CCO1. The zero-order valence-corrected chi connectivity index (χ0v) is 11.3. The molecule has 9 heteroatoms. The van der Waals surface area contributed by atoms with E-state index >= 15 is 0 Å². The Morgan fingerprint density at radius 1 is 1.10 bits per heavy atom. The van der Waals surface area contributed by atoms with Crippen LogP contribution in [0.5, 0.6) is 0 Å². The minimum atomic E-state index is -4.22. The van der Waals surface area contributed by atoms with Crippen molar-refractivity contribution in [3.63, 3.8) is 0 Å². The number of morpholine rings is 1. The minimum absolute atomic E-state index is 0.0398. The van der Waals surface area contributed by atoms with Gasteiger partial charge in [0, 0.05) is 19.6 Å². The van der Waals surface area contributed by atoms with Gasteiger partial charge in [-0.1, -0.05) is 0 Å². The molecule has 2 rings (SSSR count). The number of aliphatic carboxylic acids is 1. The van der Waals surface area contributed by atoms with Gasteiger partial charge < -0.3 is 19.6 Å². The summed E-state index contributed by atoms with van der Waals surface area (Å²) >= 11 is 0. The first-order valence-corrected chi connectivity index (χ1v) is 6.74. The maximum absolute atomic E-state index is 12.6. The highest BCUT2D eigenvalue weighted by molar-refractivity contribution is 5.77. The Balaban J connectivity index is 1.88. The second-order valence-electron chi connectivity index (χ2n) is 5.23. The van der Waals surface area contributed by atoms with Crippen LogP contribution in [0.1, 0.15) is 12.8 Å². The summed E-state index contributed by atoms with van der Waals surface area (Å²) in [6.07, 6.45) is -5.51. The number of likely N-dealkylation sites (tertiary alicyclic amines) is 1. The molecule has 2 fully saturated rings. The monoisotopic (exact) mass is 310 g/mol. The summed E-state index contributed by atoms with van der Waals surface area (Å²) in [5.74, 6) is -2.51. The van der Waals surface area contributed by atoms with E-state index in [1.165, 1.54) is 9.80 Å². The summed E-state index contributed by atoms with van der Waals surface area (Å²) in [4.78, 5) is 25.7. The molecule has 0 aliphatic carbocycles. The molecular weight excluding hydrogens is 293 g/mol. The third kappa shape index (κ3) is 3.78. The number of piperidine rings is 1. The molecule has 0 aromatic heterocycles. The largest absolute Gasteiger partial charge is 0.479 e. The van der Waals surface area contributed by atoms with E-state index in [2.05, 4.69) is 0 Å². The average molecular weight is 310 g/mol. The van der Waals surface area contributed by atoms with E-state index in [1.807, 2.05) is 0 Å². The van der Waals surface area contributed by atoms with Crippen LogP contribution in [-0.4, -0.2) is 72.0 Å². The number of nitrogens with zero attached hydrogens (tertiary/aromatic N) is 2. The molecule has 0 aromatic rings. The molecule has 21 heavy (non-hydrogen) atoms. The first kappa shape index (κ1) is 15.9. The van der Waals surface area contributed by atoms with Gasteiger partial charge in [-0.25, -0.2) is 9.59 Å². The number of urea groups is 1. The van der Waals surface area contributed by atoms with Crippen LogP contribution >= 0.6 is 0 Å². The maximum atomic E-state index is 12.6. The number of ether oxygens (including phenoxy) is 1. The van der Waals surface area contributed by atoms with Gasteiger partial charge in [0.25, 0.3) is 0 Å². The van der Waals surface area contributed by atoms with Gasteiger partial charge in [0.15, 0.2) is 6.10 Å². The number of carbonyl (C=O) groups is 2. The second kappa shape index (κ2) is 6.08. The lowest BCUT2D eigenvalue weighted by Crippen LogP contribution is -2.54. The number of carbonyl (C=O) groups excluding carboxylic acids is 1. The van der Waals surface area contributed by atoms with Crippen molar-refractivity contribution in [1.29, 1.82) is 0 Å². The Morgan fingerprint density at radius 2 is 1.71 bits per heavy atom. The van der Waals surface area contributed by atoms with Gasteiger partial charge in [0.1, 0.15) is 0 Å². The molecule has 0 radical (unpaired) electrons. The molecular formula is C12H17F3N2O4. The van der Waals surface area contributed by atoms with Crippen molar-refractivity contribution >= 4 is 12.0 Å². The number of amides is 2. The molecule has 2 heterocycles. The lowest BCUT2D eigenvalue weighted by molar-refractivity contribution is -0.184. The van der Waals surface area contributed by atoms with Gasteiger partial charge in [0.05, 0.1) is 19.1 Å². The van der Waals surface area contributed by atoms with Crippen molar-refractivity contribution in [2.75, 3.05) is 32.8 Å². The van der Waals surface area contributed by atoms with E-state index < -0.39 is 30.2 Å². The Bertz CT molecular complexity index is 408. The standard InChI is InChI=1S/C12H17F3N2O4/c13-12(14,15)8-1-3-16(4-2-8)11(20)17-5-6-21-9(7-17)10(18)19/h8-9H,1-7H2,(H,18,19). The molecule has 2 saturated heterocycles. The summed E-state index contributed by atoms with van der Waals surface area (Å²) in [5, 5.41) is 8.87. The highest BCUT2D eigenvalue weighted by Crippen LogP contribution is 2.34. The molecule has 0 spiro atoms. The smallest absolute Gasteiger partial charge is 0.391 e. The minimum Gasteiger partial charge on any atom is -0.479 e. The first-order chi connectivity index (χ1) is 9.79. The number of alkyl halides is 3. The summed E-state index contributed by atoms with van der Waals surface area (Å²) in [7, 11) is 0. The van der Waals surface area contributed by atoms with Crippen LogP contribution in [0.15, 0.2) is 0 Å². The van der Waals surface area contributed by atoms with Crippen molar-refractivity contribution in [1.82, 2.24) is 9.80 Å². The molecule has 2 aliphatic heterocycles. The third-order valence-corrected chi connectivity index (χ3v) is 3.84. The van der Waals surface area contributed by atoms with Crippen LogP contribution < -0.4 is 0 Å². The van der Waals surface area contributed by atoms with Crippen LogP contribution in [0.2, 0.25) is 0 Å². The maximum Gasteiger partial charge on any atom is 0.391 e. The van der Waals surface area contributed by atoms with Gasteiger partial charge in [-0.3, -0.25) is 0 Å². The average Bonchev–Trinajstić information content (AvgIpc) is 2.46. The molecule has 0 aromatic carbocycles. The highest BCUT2D eigenvalue weighted by atomic mass is 19.4.